The smallest absolute Gasteiger partial charge is 0.143 e. The fraction of sp³-hybridized carbons (Fsp3) is 0.0400. The zero-order valence-electron chi connectivity index (χ0n) is 28.9. The molecule has 53 heavy (non-hydrogen) atoms. The Morgan fingerprint density at radius 1 is 0.472 bits per heavy atom. The molecular formula is C50H33NO2. The molecule has 0 amide bonds. The van der Waals surface area contributed by atoms with Crippen LogP contribution in [0.4, 0.5) is 17.1 Å². The number of fused-ring (bicyclic) bond motifs is 9. The lowest BCUT2D eigenvalue weighted by molar-refractivity contribution is 0.595. The molecule has 1 aliphatic rings. The summed E-state index contributed by atoms with van der Waals surface area (Å²) in [5.41, 5.74) is 11.9. The molecule has 11 rings (SSSR count). The Hall–Kier alpha value is -6.84. The van der Waals surface area contributed by atoms with Crippen molar-refractivity contribution < 1.29 is 8.83 Å². The molecule has 0 saturated carbocycles. The number of hydrogen-bond donors (Lipinski definition) is 0. The second-order valence-electron chi connectivity index (χ2n) is 13.9. The largest absolute Gasteiger partial charge is 0.456 e. The van der Waals surface area contributed by atoms with E-state index in [-0.39, 0.29) is 0 Å². The summed E-state index contributed by atoms with van der Waals surface area (Å²) in [4.78, 5) is 2.40. The lowest BCUT2D eigenvalue weighted by Gasteiger charge is -2.28. The van der Waals surface area contributed by atoms with Crippen molar-refractivity contribution >= 4 is 77.6 Å². The Labute approximate surface area is 306 Å². The van der Waals surface area contributed by atoms with Crippen LogP contribution in [0.25, 0.3) is 82.8 Å². The second kappa shape index (κ2) is 11.9. The molecule has 0 fully saturated rings. The van der Waals surface area contributed by atoms with Gasteiger partial charge in [0.2, 0.25) is 0 Å². The maximum absolute atomic E-state index is 6.65. The predicted octanol–water partition coefficient (Wildman–Crippen LogP) is 14.4. The number of anilines is 3. The van der Waals surface area contributed by atoms with Gasteiger partial charge in [0.15, 0.2) is 0 Å². The van der Waals surface area contributed by atoms with Crippen LogP contribution >= 0.6 is 0 Å². The van der Waals surface area contributed by atoms with Crippen molar-refractivity contribution in [2.24, 2.45) is 0 Å². The minimum absolute atomic E-state index is 0.883. The van der Waals surface area contributed by atoms with Crippen molar-refractivity contribution in [3.8, 4) is 22.3 Å². The Morgan fingerprint density at radius 3 is 2.09 bits per heavy atom. The Morgan fingerprint density at radius 2 is 1.19 bits per heavy atom. The summed E-state index contributed by atoms with van der Waals surface area (Å²) in [6, 6.07) is 58.9. The SMILES string of the molecule is C1=Cc2oc3ccc(N(c4ccc(-c5cccc6ccccc56)cc4)c4ccccc4-c4cccc5oc6c7ccccc7ccc6c45)cc3c2CC1. The molecule has 0 unspecified atom stereocenters. The van der Waals surface area contributed by atoms with Crippen LogP contribution < -0.4 is 4.90 Å². The first kappa shape index (κ1) is 29.8. The first-order valence-electron chi connectivity index (χ1n) is 18.3. The summed E-state index contributed by atoms with van der Waals surface area (Å²) in [5.74, 6) is 0.973. The minimum atomic E-state index is 0.883. The average molecular weight is 680 g/mol. The maximum Gasteiger partial charge on any atom is 0.143 e. The van der Waals surface area contributed by atoms with Crippen molar-refractivity contribution in [2.75, 3.05) is 4.90 Å². The van der Waals surface area contributed by atoms with Gasteiger partial charge in [0.1, 0.15) is 22.5 Å². The van der Waals surface area contributed by atoms with Gasteiger partial charge < -0.3 is 13.7 Å². The molecule has 2 aromatic heterocycles. The molecule has 2 heterocycles. The van der Waals surface area contributed by atoms with E-state index < -0.39 is 0 Å². The van der Waals surface area contributed by atoms with E-state index in [2.05, 4.69) is 181 Å². The molecule has 0 N–H and O–H groups in total. The second-order valence-corrected chi connectivity index (χ2v) is 13.9. The Bertz CT molecular complexity index is 3060. The Balaban J connectivity index is 1.13. The minimum Gasteiger partial charge on any atom is -0.456 e. The zero-order valence-corrected chi connectivity index (χ0v) is 28.9. The highest BCUT2D eigenvalue weighted by Gasteiger charge is 2.23. The lowest BCUT2D eigenvalue weighted by atomic mass is 9.95. The summed E-state index contributed by atoms with van der Waals surface area (Å²) in [6.07, 6.45) is 6.32. The van der Waals surface area contributed by atoms with Crippen molar-refractivity contribution in [1.29, 1.82) is 0 Å². The normalized spacial score (nSPS) is 12.7. The molecule has 3 nitrogen and oxygen atoms in total. The van der Waals surface area contributed by atoms with Gasteiger partial charge in [-0.05, 0) is 100 Å². The molecule has 0 atom stereocenters. The number of nitrogens with zero attached hydrogens (tertiary/aromatic N) is 1. The highest BCUT2D eigenvalue weighted by atomic mass is 16.3. The van der Waals surface area contributed by atoms with E-state index in [1.807, 2.05) is 0 Å². The van der Waals surface area contributed by atoms with Crippen LogP contribution in [0.1, 0.15) is 17.7 Å². The van der Waals surface area contributed by atoms with Crippen molar-refractivity contribution in [2.45, 2.75) is 12.8 Å². The summed E-state index contributed by atoms with van der Waals surface area (Å²) in [6.45, 7) is 0. The fourth-order valence-corrected chi connectivity index (χ4v) is 8.47. The Kier molecular flexibility index (Phi) is 6.68. The number of allylic oxidation sites excluding steroid dienone is 1. The van der Waals surface area contributed by atoms with Crippen molar-refractivity contribution in [3.63, 3.8) is 0 Å². The van der Waals surface area contributed by atoms with Gasteiger partial charge >= 0.3 is 0 Å². The molecular weight excluding hydrogens is 647 g/mol. The topological polar surface area (TPSA) is 29.5 Å². The summed E-state index contributed by atoms with van der Waals surface area (Å²) < 4.78 is 13.0. The number of furan rings is 2. The third kappa shape index (κ3) is 4.74. The van der Waals surface area contributed by atoms with Crippen molar-refractivity contribution in [1.82, 2.24) is 0 Å². The quantitative estimate of drug-likeness (QED) is 0.181. The van der Waals surface area contributed by atoms with E-state index in [1.54, 1.807) is 0 Å². The lowest BCUT2D eigenvalue weighted by Crippen LogP contribution is -2.11. The van der Waals surface area contributed by atoms with Crippen LogP contribution in [0.2, 0.25) is 0 Å². The molecule has 0 saturated heterocycles. The molecule has 0 radical (unpaired) electrons. The van der Waals surface area contributed by atoms with Crippen LogP contribution in [-0.4, -0.2) is 0 Å². The number of benzene rings is 8. The third-order valence-corrected chi connectivity index (χ3v) is 10.9. The van der Waals surface area contributed by atoms with Gasteiger partial charge in [0.25, 0.3) is 0 Å². The summed E-state index contributed by atoms with van der Waals surface area (Å²) in [7, 11) is 0. The maximum atomic E-state index is 6.65. The molecule has 10 aromatic rings. The molecule has 250 valence electrons. The van der Waals surface area contributed by atoms with E-state index >= 15 is 0 Å². The van der Waals surface area contributed by atoms with Gasteiger partial charge in [-0.1, -0.05) is 121 Å². The number of para-hydroxylation sites is 1. The van der Waals surface area contributed by atoms with Crippen LogP contribution in [0.15, 0.2) is 179 Å². The van der Waals surface area contributed by atoms with Crippen LogP contribution in [-0.2, 0) is 6.42 Å². The third-order valence-electron chi connectivity index (χ3n) is 10.9. The average Bonchev–Trinajstić information content (AvgIpc) is 3.80. The first-order valence-corrected chi connectivity index (χ1v) is 18.3. The standard InChI is InChI=1S/C50H33NO2/c1-3-14-37-32(11-1)13-9-18-38(37)34-23-26-35(27-24-34)51(36-28-30-47-44(31-36)41-17-6-8-21-46(41)52-47)45-20-7-5-16-40(45)42-19-10-22-48-49(42)43-29-25-33-12-2-4-15-39(33)50(43)53-48/h1-5,7-16,18-31H,6,17H2. The molecule has 0 aliphatic heterocycles. The van der Waals surface area contributed by atoms with Crippen molar-refractivity contribution in [3.05, 3.63) is 181 Å². The summed E-state index contributed by atoms with van der Waals surface area (Å²) in [5, 5.41) is 8.21. The van der Waals surface area contributed by atoms with Gasteiger partial charge in [0.05, 0.1) is 5.69 Å². The van der Waals surface area contributed by atoms with Gasteiger partial charge in [-0.25, -0.2) is 0 Å². The van der Waals surface area contributed by atoms with Gasteiger partial charge in [-0.2, -0.15) is 0 Å². The van der Waals surface area contributed by atoms with Crippen LogP contribution in [0, 0.1) is 0 Å². The van der Waals surface area contributed by atoms with Gasteiger partial charge in [-0.3, -0.25) is 0 Å². The number of aryl methyl sites for hydroxylation is 1. The van der Waals surface area contributed by atoms with Crippen LogP contribution in [0.3, 0.4) is 0 Å². The number of rotatable bonds is 5. The molecule has 3 heteroatoms. The van der Waals surface area contributed by atoms with E-state index in [0.29, 0.717) is 0 Å². The molecule has 0 bridgehead atoms. The highest BCUT2D eigenvalue weighted by molar-refractivity contribution is 6.19. The van der Waals surface area contributed by atoms with E-state index in [9.17, 15) is 0 Å². The highest BCUT2D eigenvalue weighted by Crippen LogP contribution is 2.47. The molecule has 0 spiro atoms. The van der Waals surface area contributed by atoms with E-state index in [0.717, 1.165) is 79.7 Å². The zero-order chi connectivity index (χ0) is 34.9. The fourth-order valence-electron chi connectivity index (χ4n) is 8.47. The monoisotopic (exact) mass is 679 g/mol. The molecule has 8 aromatic carbocycles. The molecule has 1 aliphatic carbocycles. The van der Waals surface area contributed by atoms with E-state index in [1.165, 1.54) is 38.2 Å². The van der Waals surface area contributed by atoms with Gasteiger partial charge in [-0.15, -0.1) is 0 Å². The van der Waals surface area contributed by atoms with E-state index in [4.69, 9.17) is 8.83 Å². The van der Waals surface area contributed by atoms with Crippen LogP contribution in [0.5, 0.6) is 0 Å². The van der Waals surface area contributed by atoms with Gasteiger partial charge in [0, 0.05) is 44.0 Å². The first-order chi connectivity index (χ1) is 26.3. The predicted molar refractivity (Wildman–Crippen MR) is 221 cm³/mol. The number of hydrogen-bond acceptors (Lipinski definition) is 3. The summed E-state index contributed by atoms with van der Waals surface area (Å²) >= 11 is 0.